The summed E-state index contributed by atoms with van der Waals surface area (Å²) in [6, 6.07) is 0. The quantitative estimate of drug-likeness (QED) is 0.227. The first kappa shape index (κ1) is 25.1. The van der Waals surface area contributed by atoms with E-state index in [2.05, 4.69) is 18.6 Å². The van der Waals surface area contributed by atoms with E-state index in [0.29, 0.717) is 37.0 Å². The van der Waals surface area contributed by atoms with Gasteiger partial charge in [-0.25, -0.2) is 0 Å². The van der Waals surface area contributed by atoms with E-state index in [1.165, 1.54) is 0 Å². The minimum Gasteiger partial charge on any atom is -0.368 e. The van der Waals surface area contributed by atoms with E-state index in [1.807, 2.05) is 6.92 Å². The molecular weight excluding hydrogens is 422 g/mol. The van der Waals surface area contributed by atoms with Crippen LogP contribution >= 0.6 is 0 Å². The highest BCUT2D eigenvalue weighted by Gasteiger charge is 2.74. The number of halogens is 6. The van der Waals surface area contributed by atoms with E-state index in [1.54, 1.807) is 0 Å². The Morgan fingerprint density at radius 3 is 2.10 bits per heavy atom. The smallest absolute Gasteiger partial charge is 0.368 e. The fourth-order valence-electron chi connectivity index (χ4n) is 7.36. The van der Waals surface area contributed by atoms with Crippen LogP contribution in [0, 0.1) is 41.4 Å². The summed E-state index contributed by atoms with van der Waals surface area (Å²) in [5, 5.41) is 9.99. The first-order valence-corrected chi connectivity index (χ1v) is 11.9. The van der Waals surface area contributed by atoms with Gasteiger partial charge in [0, 0.05) is 0 Å². The second-order valence-electron chi connectivity index (χ2n) is 10.3. The molecule has 182 valence electrons. The Hall–Kier alpha value is -0.500. The number of alkyl halides is 6. The predicted molar refractivity (Wildman–Crippen MR) is 105 cm³/mol. The number of unbranched alkanes of at least 4 members (excludes halogenated alkanes) is 2. The summed E-state index contributed by atoms with van der Waals surface area (Å²) in [4.78, 5) is 0. The number of aliphatic hydroxyl groups is 1. The van der Waals surface area contributed by atoms with Crippen LogP contribution in [0.5, 0.6) is 0 Å². The van der Waals surface area contributed by atoms with E-state index < -0.39 is 36.6 Å². The molecule has 3 fully saturated rings. The number of rotatable bonds is 9. The number of ether oxygens (including phenoxy) is 1. The highest BCUT2D eigenvalue weighted by Crippen LogP contribution is 2.67. The largest absolute Gasteiger partial charge is 0.426 e. The first-order valence-electron chi connectivity index (χ1n) is 11.9. The lowest BCUT2D eigenvalue weighted by Crippen LogP contribution is -2.61. The molecule has 0 aromatic rings. The Kier molecular flexibility index (Phi) is 7.32. The van der Waals surface area contributed by atoms with Crippen molar-refractivity contribution < 1.29 is 36.2 Å². The lowest BCUT2D eigenvalue weighted by molar-refractivity contribution is -0.411. The van der Waals surface area contributed by atoms with Crippen molar-refractivity contribution in [2.24, 2.45) is 41.4 Å². The van der Waals surface area contributed by atoms with Crippen LogP contribution in [0.15, 0.2) is 0 Å². The Bertz CT molecular complexity index is 590. The molecule has 0 radical (unpaired) electrons. The topological polar surface area (TPSA) is 29.5 Å². The zero-order valence-electron chi connectivity index (χ0n) is 18.6. The van der Waals surface area contributed by atoms with E-state index >= 15 is 0 Å². The molecule has 3 aliphatic rings. The van der Waals surface area contributed by atoms with Crippen molar-refractivity contribution in [2.45, 2.75) is 103 Å². The average Bonchev–Trinajstić information content (AvgIpc) is 3.31. The second-order valence-corrected chi connectivity index (χ2v) is 10.3. The fraction of sp³-hybridized carbons (Fsp3) is 1.00. The Morgan fingerprint density at radius 1 is 0.903 bits per heavy atom. The Morgan fingerprint density at radius 2 is 1.55 bits per heavy atom. The van der Waals surface area contributed by atoms with Gasteiger partial charge >= 0.3 is 12.4 Å². The number of aliphatic hydroxyl groups excluding tert-OH is 1. The zero-order valence-corrected chi connectivity index (χ0v) is 18.6. The van der Waals surface area contributed by atoms with Crippen LogP contribution in [0.4, 0.5) is 26.3 Å². The second kappa shape index (κ2) is 9.03. The third-order valence-corrected chi connectivity index (χ3v) is 8.53. The SMILES string of the molecule is CCCCCC(O)OC(CC1CC2CC1C1C(CC)CC(C)C21)(C(F)(F)F)C(F)(F)F. The molecule has 8 heteroatoms. The molecular formula is C23H36F6O2. The lowest BCUT2D eigenvalue weighted by atomic mass is 9.68. The number of hydrogen-bond acceptors (Lipinski definition) is 2. The minimum absolute atomic E-state index is 0.116. The van der Waals surface area contributed by atoms with Gasteiger partial charge < -0.3 is 9.84 Å². The maximum Gasteiger partial charge on any atom is 0.426 e. The van der Waals surface area contributed by atoms with Crippen LogP contribution in [-0.4, -0.2) is 29.4 Å². The molecule has 1 N–H and O–H groups in total. The average molecular weight is 459 g/mol. The lowest BCUT2D eigenvalue weighted by Gasteiger charge is -2.43. The molecule has 0 aliphatic heterocycles. The fourth-order valence-corrected chi connectivity index (χ4v) is 7.36. The van der Waals surface area contributed by atoms with Crippen molar-refractivity contribution in [2.75, 3.05) is 0 Å². The summed E-state index contributed by atoms with van der Waals surface area (Å²) in [5.41, 5.74) is -4.32. The molecule has 3 aliphatic carbocycles. The summed E-state index contributed by atoms with van der Waals surface area (Å²) in [6.07, 6.45) is -10.0. The summed E-state index contributed by atoms with van der Waals surface area (Å²) in [7, 11) is 0. The van der Waals surface area contributed by atoms with Crippen LogP contribution in [0.25, 0.3) is 0 Å². The van der Waals surface area contributed by atoms with Crippen molar-refractivity contribution in [3.8, 4) is 0 Å². The zero-order chi connectivity index (χ0) is 23.2. The standard InChI is InChI=1S/C23H36F6O2/c1-4-6-7-8-18(30)31-21(22(24,25)26,23(27,28)29)12-16-10-15-11-17(16)20-14(5-2)9-13(3)19(15)20/h13-20,30H,4-12H2,1-3H3. The van der Waals surface area contributed by atoms with Crippen LogP contribution < -0.4 is 0 Å². The van der Waals surface area contributed by atoms with Crippen molar-refractivity contribution >= 4 is 0 Å². The van der Waals surface area contributed by atoms with Crippen LogP contribution in [0.1, 0.15) is 78.6 Å². The summed E-state index contributed by atoms with van der Waals surface area (Å²) in [5.74, 6) is 0.920. The van der Waals surface area contributed by atoms with Gasteiger partial charge in [0.1, 0.15) is 0 Å². The summed E-state index contributed by atoms with van der Waals surface area (Å²) < 4.78 is 88.8. The summed E-state index contributed by atoms with van der Waals surface area (Å²) >= 11 is 0. The predicted octanol–water partition coefficient (Wildman–Crippen LogP) is 7.11. The molecule has 3 saturated carbocycles. The van der Waals surface area contributed by atoms with E-state index in [0.717, 1.165) is 25.7 Å². The highest BCUT2D eigenvalue weighted by molar-refractivity contribution is 5.10. The molecule has 0 spiro atoms. The first-order chi connectivity index (χ1) is 14.4. The molecule has 0 aromatic heterocycles. The highest BCUT2D eigenvalue weighted by atomic mass is 19.4. The molecule has 2 nitrogen and oxygen atoms in total. The molecule has 8 atom stereocenters. The van der Waals surface area contributed by atoms with Crippen LogP contribution in [-0.2, 0) is 4.74 Å². The molecule has 0 heterocycles. The van der Waals surface area contributed by atoms with E-state index in [9.17, 15) is 31.4 Å². The van der Waals surface area contributed by atoms with Gasteiger partial charge in [-0.15, -0.1) is 0 Å². The van der Waals surface area contributed by atoms with E-state index in [4.69, 9.17) is 0 Å². The van der Waals surface area contributed by atoms with Gasteiger partial charge in [0.2, 0.25) is 0 Å². The molecule has 0 aromatic carbocycles. The summed E-state index contributed by atoms with van der Waals surface area (Å²) in [6.45, 7) is 6.10. The third-order valence-electron chi connectivity index (χ3n) is 8.53. The van der Waals surface area contributed by atoms with Gasteiger partial charge in [-0.05, 0) is 80.0 Å². The molecule has 8 unspecified atom stereocenters. The molecule has 3 rings (SSSR count). The van der Waals surface area contributed by atoms with Gasteiger partial charge in [0.15, 0.2) is 6.29 Å². The van der Waals surface area contributed by atoms with Crippen molar-refractivity contribution in [1.82, 2.24) is 0 Å². The molecule has 2 bridgehead atoms. The molecule has 0 amide bonds. The van der Waals surface area contributed by atoms with E-state index in [-0.39, 0.29) is 24.2 Å². The van der Waals surface area contributed by atoms with Gasteiger partial charge in [0.05, 0.1) is 0 Å². The monoisotopic (exact) mass is 458 g/mol. The Balaban J connectivity index is 1.84. The van der Waals surface area contributed by atoms with Gasteiger partial charge in [-0.1, -0.05) is 40.0 Å². The van der Waals surface area contributed by atoms with Crippen molar-refractivity contribution in [3.63, 3.8) is 0 Å². The molecule has 0 saturated heterocycles. The van der Waals surface area contributed by atoms with Crippen molar-refractivity contribution in [3.05, 3.63) is 0 Å². The van der Waals surface area contributed by atoms with Gasteiger partial charge in [0.25, 0.3) is 5.60 Å². The van der Waals surface area contributed by atoms with Crippen molar-refractivity contribution in [1.29, 1.82) is 0 Å². The Labute approximate surface area is 181 Å². The van der Waals surface area contributed by atoms with Gasteiger partial charge in [-0.2, -0.15) is 26.3 Å². The van der Waals surface area contributed by atoms with Gasteiger partial charge in [-0.3, -0.25) is 0 Å². The minimum atomic E-state index is -5.65. The van der Waals surface area contributed by atoms with Crippen LogP contribution in [0.3, 0.4) is 0 Å². The third kappa shape index (κ3) is 4.49. The number of hydrogen-bond donors (Lipinski definition) is 1. The molecule has 31 heavy (non-hydrogen) atoms. The number of fused-ring (bicyclic) bond motifs is 5. The maximum atomic E-state index is 14.0. The normalized spacial score (nSPS) is 36.8. The van der Waals surface area contributed by atoms with Crippen LogP contribution in [0.2, 0.25) is 0 Å². The maximum absolute atomic E-state index is 14.0.